The summed E-state index contributed by atoms with van der Waals surface area (Å²) in [5.41, 5.74) is 7.80. The van der Waals surface area contributed by atoms with Crippen molar-refractivity contribution in [1.29, 1.82) is 0 Å². The predicted octanol–water partition coefficient (Wildman–Crippen LogP) is 3.24. The van der Waals surface area contributed by atoms with Gasteiger partial charge in [-0.3, -0.25) is 14.2 Å². The molecule has 4 aromatic rings. The highest BCUT2D eigenvalue weighted by Gasteiger charge is 2.17. The summed E-state index contributed by atoms with van der Waals surface area (Å²) in [5.74, 6) is -0.354. The van der Waals surface area contributed by atoms with Crippen LogP contribution in [0.25, 0.3) is 16.8 Å². The van der Waals surface area contributed by atoms with Gasteiger partial charge in [0, 0.05) is 24.6 Å². The molecule has 2 N–H and O–H groups in total. The molecule has 27 heavy (non-hydrogen) atoms. The number of hydrogen-bond donors (Lipinski definition) is 1. The lowest BCUT2D eigenvalue weighted by Gasteiger charge is -2.13. The van der Waals surface area contributed by atoms with Crippen molar-refractivity contribution >= 4 is 22.7 Å². The van der Waals surface area contributed by atoms with Gasteiger partial charge in [0.2, 0.25) is 0 Å². The van der Waals surface area contributed by atoms with E-state index in [9.17, 15) is 14.0 Å². The van der Waals surface area contributed by atoms with Crippen molar-refractivity contribution in [3.8, 4) is 5.69 Å². The number of halogens is 1. The fraction of sp³-hybridized carbons (Fsp3) is 0.0500. The van der Waals surface area contributed by atoms with Crippen molar-refractivity contribution in [2.75, 3.05) is 5.73 Å². The number of fused-ring (bicyclic) bond motifs is 1. The van der Waals surface area contributed by atoms with Gasteiger partial charge in [0.15, 0.2) is 17.3 Å². The first kappa shape index (κ1) is 16.7. The molecule has 0 amide bonds. The van der Waals surface area contributed by atoms with E-state index in [1.54, 1.807) is 25.1 Å². The molecule has 2 heterocycles. The zero-order chi connectivity index (χ0) is 19.1. The highest BCUT2D eigenvalue weighted by molar-refractivity contribution is 6.11. The number of carbonyl (C=O) groups is 1. The van der Waals surface area contributed by atoms with Crippen molar-refractivity contribution in [2.45, 2.75) is 6.92 Å². The lowest BCUT2D eigenvalue weighted by atomic mass is 10.0. The van der Waals surface area contributed by atoms with Crippen molar-refractivity contribution in [2.24, 2.45) is 0 Å². The summed E-state index contributed by atoms with van der Waals surface area (Å²) in [7, 11) is 0. The lowest BCUT2D eigenvalue weighted by molar-refractivity contribution is 0.103. The molecule has 0 unspecified atom stereocenters. The predicted molar refractivity (Wildman–Crippen MR) is 98.6 cm³/mol. The molecule has 0 saturated heterocycles. The summed E-state index contributed by atoms with van der Waals surface area (Å²) in [5, 5.41) is 0. The Morgan fingerprint density at radius 1 is 1.11 bits per heavy atom. The normalized spacial score (nSPS) is 11.0. The van der Waals surface area contributed by atoms with E-state index in [1.807, 2.05) is 0 Å². The number of ketones is 1. The minimum Gasteiger partial charge on any atom is -0.441 e. The van der Waals surface area contributed by atoms with Crippen LogP contribution in [0.1, 0.15) is 21.8 Å². The number of aromatic nitrogens is 2. The van der Waals surface area contributed by atoms with Crippen LogP contribution in [-0.4, -0.2) is 15.3 Å². The summed E-state index contributed by atoms with van der Waals surface area (Å²) < 4.78 is 19.8. The van der Waals surface area contributed by atoms with Crippen LogP contribution >= 0.6 is 0 Å². The van der Waals surface area contributed by atoms with E-state index in [1.165, 1.54) is 41.0 Å². The second kappa shape index (κ2) is 6.21. The maximum absolute atomic E-state index is 13.1. The van der Waals surface area contributed by atoms with E-state index >= 15 is 0 Å². The second-order valence-electron chi connectivity index (χ2n) is 6.03. The summed E-state index contributed by atoms with van der Waals surface area (Å²) in [6, 6.07) is 12.8. The first-order valence-electron chi connectivity index (χ1n) is 8.13. The smallest absolute Gasteiger partial charge is 0.256 e. The molecule has 6 nitrogen and oxygen atoms in total. The molecule has 134 valence electrons. The van der Waals surface area contributed by atoms with Crippen LogP contribution in [-0.2, 0) is 0 Å². The Kier molecular flexibility index (Phi) is 3.84. The number of benzene rings is 2. The summed E-state index contributed by atoms with van der Waals surface area (Å²) in [6.45, 7) is 1.72. The molecule has 0 saturated carbocycles. The number of carbonyl (C=O) groups excluding carboxylic acids is 1. The van der Waals surface area contributed by atoms with Gasteiger partial charge >= 0.3 is 0 Å². The van der Waals surface area contributed by atoms with E-state index < -0.39 is 17.2 Å². The molecule has 0 atom stereocenters. The fourth-order valence-electron chi connectivity index (χ4n) is 2.94. The third kappa shape index (κ3) is 2.89. The van der Waals surface area contributed by atoms with Gasteiger partial charge in [-0.2, -0.15) is 0 Å². The van der Waals surface area contributed by atoms with E-state index in [2.05, 4.69) is 4.98 Å². The number of nitrogens with zero attached hydrogens (tertiary/aromatic N) is 2. The van der Waals surface area contributed by atoms with Gasteiger partial charge in [-0.05, 0) is 42.5 Å². The zero-order valence-electron chi connectivity index (χ0n) is 14.3. The Hall–Kier alpha value is -3.74. The van der Waals surface area contributed by atoms with Crippen LogP contribution in [0, 0.1) is 12.7 Å². The van der Waals surface area contributed by atoms with Crippen LogP contribution < -0.4 is 11.3 Å². The number of oxazole rings is 1. The molecular formula is C20H14FN3O3. The lowest BCUT2D eigenvalue weighted by Crippen LogP contribution is -2.23. The van der Waals surface area contributed by atoms with Crippen molar-refractivity contribution in [1.82, 2.24) is 9.55 Å². The van der Waals surface area contributed by atoms with E-state index in [4.69, 9.17) is 10.2 Å². The minimum atomic E-state index is -0.444. The van der Waals surface area contributed by atoms with Crippen LogP contribution in [0.4, 0.5) is 10.2 Å². The molecule has 0 aliphatic heterocycles. The largest absolute Gasteiger partial charge is 0.441 e. The van der Waals surface area contributed by atoms with Crippen molar-refractivity contribution in [3.05, 3.63) is 87.8 Å². The summed E-state index contributed by atoms with van der Waals surface area (Å²) in [6.07, 6.45) is 0. The molecule has 4 rings (SSSR count). The third-order valence-electron chi connectivity index (χ3n) is 4.22. The van der Waals surface area contributed by atoms with Crippen LogP contribution in [0.2, 0.25) is 0 Å². The number of hydrogen-bond acceptors (Lipinski definition) is 5. The van der Waals surface area contributed by atoms with Crippen molar-refractivity contribution in [3.63, 3.8) is 0 Å². The van der Waals surface area contributed by atoms with Gasteiger partial charge in [-0.1, -0.05) is 0 Å². The topological polar surface area (TPSA) is 91.1 Å². The molecule has 0 aliphatic rings. The Bertz CT molecular complexity index is 1240. The monoisotopic (exact) mass is 363 g/mol. The minimum absolute atomic E-state index is 0.00703. The third-order valence-corrected chi connectivity index (χ3v) is 4.22. The SMILES string of the molecule is Cc1nc2ccc(-n3c(N)c(C(=O)c4ccc(F)cc4)ccc3=O)cc2o1. The first-order valence-corrected chi connectivity index (χ1v) is 8.13. The Morgan fingerprint density at radius 3 is 2.59 bits per heavy atom. The van der Waals surface area contributed by atoms with Gasteiger partial charge in [-0.25, -0.2) is 9.37 Å². The zero-order valence-corrected chi connectivity index (χ0v) is 14.3. The van der Waals surface area contributed by atoms with Gasteiger partial charge < -0.3 is 10.2 Å². The standard InChI is InChI=1S/C20H14FN3O3/c1-11-23-16-8-6-14(10-17(16)27-11)24-18(25)9-7-15(20(24)22)19(26)12-2-4-13(21)5-3-12/h2-10H,22H2,1H3. The molecular weight excluding hydrogens is 349 g/mol. The van der Waals surface area contributed by atoms with Gasteiger partial charge in [0.05, 0.1) is 11.3 Å². The molecule has 2 aromatic carbocycles. The fourth-order valence-corrected chi connectivity index (χ4v) is 2.94. The molecule has 2 aromatic heterocycles. The van der Waals surface area contributed by atoms with Crippen LogP contribution in [0.5, 0.6) is 0 Å². The summed E-state index contributed by atoms with van der Waals surface area (Å²) in [4.78, 5) is 29.4. The Morgan fingerprint density at radius 2 is 1.85 bits per heavy atom. The number of anilines is 1. The number of nitrogens with two attached hydrogens (primary N) is 1. The van der Waals surface area contributed by atoms with Crippen LogP contribution in [0.3, 0.4) is 0 Å². The average Bonchev–Trinajstić information content (AvgIpc) is 3.01. The molecule has 0 aliphatic carbocycles. The van der Waals surface area contributed by atoms with Crippen molar-refractivity contribution < 1.29 is 13.6 Å². The highest BCUT2D eigenvalue weighted by atomic mass is 19.1. The quantitative estimate of drug-likeness (QED) is 0.564. The van der Waals surface area contributed by atoms with Gasteiger partial charge in [0.25, 0.3) is 5.56 Å². The molecule has 7 heteroatoms. The molecule has 0 radical (unpaired) electrons. The van der Waals surface area contributed by atoms with Gasteiger partial charge in [-0.15, -0.1) is 0 Å². The van der Waals surface area contributed by atoms with Crippen LogP contribution in [0.15, 0.2) is 63.8 Å². The average molecular weight is 363 g/mol. The van der Waals surface area contributed by atoms with E-state index in [-0.39, 0.29) is 16.9 Å². The number of rotatable bonds is 3. The number of aryl methyl sites for hydroxylation is 1. The molecule has 0 fully saturated rings. The molecule has 0 bridgehead atoms. The summed E-state index contributed by atoms with van der Waals surface area (Å²) >= 11 is 0. The maximum atomic E-state index is 13.1. The Labute approximate surface area is 152 Å². The van der Waals surface area contributed by atoms with E-state index in [0.717, 1.165) is 0 Å². The van der Waals surface area contributed by atoms with E-state index in [0.29, 0.717) is 22.7 Å². The first-order chi connectivity index (χ1) is 12.9. The highest BCUT2D eigenvalue weighted by Crippen LogP contribution is 2.22. The number of pyridine rings is 1. The van der Waals surface area contributed by atoms with Gasteiger partial charge in [0.1, 0.15) is 17.2 Å². The molecule has 0 spiro atoms. The second-order valence-corrected chi connectivity index (χ2v) is 6.03. The number of nitrogen functional groups attached to an aromatic ring is 1. The maximum Gasteiger partial charge on any atom is 0.256 e. The Balaban J connectivity index is 1.86.